The summed E-state index contributed by atoms with van der Waals surface area (Å²) in [5, 5.41) is 7.85. The van der Waals surface area contributed by atoms with Gasteiger partial charge in [0.05, 0.1) is 6.21 Å². The van der Waals surface area contributed by atoms with Crippen molar-refractivity contribution in [3.63, 3.8) is 0 Å². The SMILES string of the molecule is CC[C@@]1(C)NC(=O)N(N=CC2=CC[C@H]3C[C@H]2C3(C)C)C1=O. The summed E-state index contributed by atoms with van der Waals surface area (Å²) < 4.78 is 0. The lowest BCUT2D eigenvalue weighted by atomic mass is 9.49. The molecule has 0 radical (unpaired) electrons. The number of carbonyl (C=O) groups excluding carboxylic acids is 2. The number of nitrogens with zero attached hydrogens (tertiary/aromatic N) is 2. The van der Waals surface area contributed by atoms with Crippen LogP contribution in [0.5, 0.6) is 0 Å². The van der Waals surface area contributed by atoms with E-state index in [4.69, 9.17) is 0 Å². The zero-order chi connectivity index (χ0) is 15.4. The Kier molecular flexibility index (Phi) is 3.01. The second-order valence-corrected chi connectivity index (χ2v) is 7.22. The van der Waals surface area contributed by atoms with Crippen molar-refractivity contribution in [3.05, 3.63) is 11.6 Å². The lowest BCUT2D eigenvalue weighted by Crippen LogP contribution is -2.48. The van der Waals surface area contributed by atoms with E-state index < -0.39 is 11.6 Å². The second-order valence-electron chi connectivity index (χ2n) is 7.22. The number of hydrazone groups is 1. The highest BCUT2D eigenvalue weighted by Gasteiger charge is 2.51. The van der Waals surface area contributed by atoms with Crippen molar-refractivity contribution in [2.75, 3.05) is 0 Å². The number of urea groups is 1. The summed E-state index contributed by atoms with van der Waals surface area (Å²) in [6.45, 7) is 8.19. The molecule has 1 saturated carbocycles. The van der Waals surface area contributed by atoms with Crippen LogP contribution in [0, 0.1) is 17.3 Å². The molecule has 0 unspecified atom stereocenters. The van der Waals surface area contributed by atoms with Gasteiger partial charge < -0.3 is 5.32 Å². The molecule has 1 saturated heterocycles. The van der Waals surface area contributed by atoms with Gasteiger partial charge in [-0.15, -0.1) is 5.01 Å². The van der Waals surface area contributed by atoms with Gasteiger partial charge in [-0.05, 0) is 49.0 Å². The van der Waals surface area contributed by atoms with Gasteiger partial charge in [-0.2, -0.15) is 5.10 Å². The van der Waals surface area contributed by atoms with Crippen molar-refractivity contribution in [2.45, 2.75) is 52.5 Å². The topological polar surface area (TPSA) is 61.8 Å². The van der Waals surface area contributed by atoms with Gasteiger partial charge in [-0.3, -0.25) is 4.79 Å². The summed E-state index contributed by atoms with van der Waals surface area (Å²) in [5.41, 5.74) is 0.648. The molecule has 1 aliphatic heterocycles. The summed E-state index contributed by atoms with van der Waals surface area (Å²) in [6.07, 6.45) is 6.73. The zero-order valence-corrected chi connectivity index (χ0v) is 13.1. The van der Waals surface area contributed by atoms with Gasteiger partial charge in [0.15, 0.2) is 0 Å². The Labute approximate surface area is 125 Å². The Morgan fingerprint density at radius 3 is 2.67 bits per heavy atom. The average molecular weight is 289 g/mol. The fraction of sp³-hybridized carbons (Fsp3) is 0.688. The van der Waals surface area contributed by atoms with Gasteiger partial charge >= 0.3 is 6.03 Å². The van der Waals surface area contributed by atoms with Crippen molar-refractivity contribution in [1.82, 2.24) is 10.3 Å². The Bertz CT molecular complexity index is 564. The molecule has 3 amide bonds. The Morgan fingerprint density at radius 2 is 2.14 bits per heavy atom. The standard InChI is InChI=1S/C16H23N3O2/c1-5-16(4)13(20)19(14(21)18-16)17-9-10-6-7-11-8-12(10)15(11,2)3/h6,9,11-12H,5,7-8H2,1-4H3,(H,18,21)/t11-,12+,16+/m0/s1. The zero-order valence-electron chi connectivity index (χ0n) is 13.1. The highest BCUT2D eigenvalue weighted by Crippen LogP contribution is 2.58. The molecule has 0 aromatic carbocycles. The van der Waals surface area contributed by atoms with E-state index >= 15 is 0 Å². The molecule has 1 heterocycles. The third-order valence-corrected chi connectivity index (χ3v) is 5.78. The fourth-order valence-corrected chi connectivity index (χ4v) is 3.68. The third-order valence-electron chi connectivity index (χ3n) is 5.78. The number of imide groups is 1. The maximum absolute atomic E-state index is 12.3. The maximum Gasteiger partial charge on any atom is 0.346 e. The van der Waals surface area contributed by atoms with E-state index in [9.17, 15) is 9.59 Å². The van der Waals surface area contributed by atoms with Crippen molar-refractivity contribution in [1.29, 1.82) is 0 Å². The second kappa shape index (κ2) is 4.42. The van der Waals surface area contributed by atoms with Crippen LogP contribution in [0.1, 0.15) is 47.0 Å². The first kappa shape index (κ1) is 14.3. The molecule has 5 nitrogen and oxygen atoms in total. The Hall–Kier alpha value is -1.65. The van der Waals surface area contributed by atoms with Crippen LogP contribution in [-0.4, -0.2) is 28.7 Å². The molecule has 0 aromatic rings. The van der Waals surface area contributed by atoms with Crippen molar-refractivity contribution < 1.29 is 9.59 Å². The summed E-state index contributed by atoms with van der Waals surface area (Å²) >= 11 is 0. The largest absolute Gasteiger partial charge is 0.346 e. The number of rotatable bonds is 3. The number of amides is 3. The molecule has 0 spiro atoms. The van der Waals surface area contributed by atoms with Crippen LogP contribution in [0.25, 0.3) is 0 Å². The highest BCUT2D eigenvalue weighted by molar-refractivity contribution is 6.07. The van der Waals surface area contributed by atoms with Crippen LogP contribution in [0.15, 0.2) is 16.8 Å². The van der Waals surface area contributed by atoms with Crippen LogP contribution in [-0.2, 0) is 4.79 Å². The monoisotopic (exact) mass is 289 g/mol. The molecule has 0 aromatic heterocycles. The van der Waals surface area contributed by atoms with Gasteiger partial charge in [-0.1, -0.05) is 26.8 Å². The van der Waals surface area contributed by atoms with Crippen LogP contribution < -0.4 is 5.32 Å². The number of hydrogen-bond donors (Lipinski definition) is 1. The molecule has 4 aliphatic rings. The predicted octanol–water partition coefficient (Wildman–Crippen LogP) is 2.69. The van der Waals surface area contributed by atoms with Crippen LogP contribution in [0.3, 0.4) is 0 Å². The van der Waals surface area contributed by atoms with E-state index in [0.717, 1.165) is 22.9 Å². The van der Waals surface area contributed by atoms with E-state index in [2.05, 4.69) is 30.3 Å². The van der Waals surface area contributed by atoms with Crippen molar-refractivity contribution >= 4 is 18.2 Å². The van der Waals surface area contributed by atoms with E-state index in [-0.39, 0.29) is 5.91 Å². The fourth-order valence-electron chi connectivity index (χ4n) is 3.68. The maximum atomic E-state index is 12.3. The van der Waals surface area contributed by atoms with Crippen molar-refractivity contribution in [3.8, 4) is 0 Å². The summed E-state index contributed by atoms with van der Waals surface area (Å²) in [7, 11) is 0. The molecule has 114 valence electrons. The first-order valence-electron chi connectivity index (χ1n) is 7.70. The Morgan fingerprint density at radius 1 is 1.43 bits per heavy atom. The molecular weight excluding hydrogens is 266 g/mol. The minimum absolute atomic E-state index is 0.270. The third kappa shape index (κ3) is 1.93. The van der Waals surface area contributed by atoms with E-state index in [1.54, 1.807) is 13.1 Å². The Balaban J connectivity index is 1.77. The minimum Gasteiger partial charge on any atom is -0.322 e. The lowest BCUT2D eigenvalue weighted by Gasteiger charge is -2.55. The molecule has 2 bridgehead atoms. The summed E-state index contributed by atoms with van der Waals surface area (Å²) in [5.74, 6) is 0.992. The first-order valence-corrected chi connectivity index (χ1v) is 7.70. The quantitative estimate of drug-likeness (QED) is 0.641. The number of nitrogens with one attached hydrogen (secondary N) is 1. The van der Waals surface area contributed by atoms with Gasteiger partial charge in [0.2, 0.25) is 0 Å². The summed E-state index contributed by atoms with van der Waals surface area (Å²) in [4.78, 5) is 24.2. The predicted molar refractivity (Wildman–Crippen MR) is 80.6 cm³/mol. The van der Waals surface area contributed by atoms with Gasteiger partial charge in [0.25, 0.3) is 5.91 Å². The van der Waals surface area contributed by atoms with E-state index in [0.29, 0.717) is 17.8 Å². The molecule has 3 atom stereocenters. The molecule has 5 heteroatoms. The van der Waals surface area contributed by atoms with Crippen LogP contribution in [0.2, 0.25) is 0 Å². The first-order chi connectivity index (χ1) is 9.79. The van der Waals surface area contributed by atoms with Crippen LogP contribution in [0.4, 0.5) is 4.79 Å². The normalized spacial score (nSPS) is 37.5. The number of fused-ring (bicyclic) bond motifs is 1. The average Bonchev–Trinajstić information content (AvgIpc) is 2.67. The number of allylic oxidation sites excluding steroid dienone is 2. The molecule has 1 N–H and O–H groups in total. The highest BCUT2D eigenvalue weighted by atomic mass is 16.2. The minimum atomic E-state index is -0.823. The van der Waals surface area contributed by atoms with Gasteiger partial charge in [0.1, 0.15) is 5.54 Å². The molecule has 4 rings (SSSR count). The van der Waals surface area contributed by atoms with Crippen LogP contribution >= 0.6 is 0 Å². The lowest BCUT2D eigenvalue weighted by molar-refractivity contribution is -0.130. The molecule has 21 heavy (non-hydrogen) atoms. The smallest absolute Gasteiger partial charge is 0.322 e. The van der Waals surface area contributed by atoms with E-state index in [1.165, 1.54) is 6.42 Å². The van der Waals surface area contributed by atoms with E-state index in [1.807, 2.05) is 6.92 Å². The number of hydrogen-bond acceptors (Lipinski definition) is 3. The van der Waals surface area contributed by atoms with Gasteiger partial charge in [-0.25, -0.2) is 4.79 Å². The van der Waals surface area contributed by atoms with Gasteiger partial charge in [0, 0.05) is 0 Å². The van der Waals surface area contributed by atoms with Crippen molar-refractivity contribution in [2.24, 2.45) is 22.4 Å². The molecule has 2 fully saturated rings. The molecular formula is C16H23N3O2. The number of carbonyl (C=O) groups is 2. The summed E-state index contributed by atoms with van der Waals surface area (Å²) in [6, 6.07) is -0.428. The molecule has 3 aliphatic carbocycles.